The van der Waals surface area contributed by atoms with E-state index in [2.05, 4.69) is 11.8 Å². The Bertz CT molecular complexity index is 747. The molecule has 0 saturated carbocycles. The Morgan fingerprint density at radius 2 is 1.96 bits per heavy atom. The molecule has 4 aliphatic heterocycles. The molecule has 0 spiro atoms. The van der Waals surface area contributed by atoms with E-state index in [4.69, 9.17) is 9.47 Å². The molecule has 0 aromatic carbocycles. The van der Waals surface area contributed by atoms with Crippen LogP contribution in [0.4, 0.5) is 0 Å². The lowest BCUT2D eigenvalue weighted by Crippen LogP contribution is -2.52. The number of ether oxygens (including phenoxy) is 2. The number of fused-ring (bicyclic) bond motifs is 2. The average Bonchev–Trinajstić information content (AvgIpc) is 3.17. The summed E-state index contributed by atoms with van der Waals surface area (Å²) in [6.45, 7) is 6.85. The van der Waals surface area contributed by atoms with Gasteiger partial charge in [0.2, 0.25) is 0 Å². The Morgan fingerprint density at radius 3 is 2.64 bits per heavy atom. The Hall–Kier alpha value is -1.56. The molecule has 0 aromatic heterocycles. The maximum Gasteiger partial charge on any atom is 0.309 e. The van der Waals surface area contributed by atoms with Gasteiger partial charge in [0.05, 0.1) is 17.9 Å². The van der Waals surface area contributed by atoms with E-state index in [9.17, 15) is 14.7 Å². The summed E-state index contributed by atoms with van der Waals surface area (Å²) in [6.07, 6.45) is 4.81. The third-order valence-corrected chi connectivity index (χ3v) is 8.05. The monoisotopic (exact) mass is 389 g/mol. The number of hydrogen-bond acceptors (Lipinski definition) is 6. The first kappa shape index (κ1) is 18.5. The van der Waals surface area contributed by atoms with Gasteiger partial charge in [-0.3, -0.25) is 9.59 Å². The largest absolute Gasteiger partial charge is 0.461 e. The predicted octanol–water partition coefficient (Wildman–Crippen LogP) is 2.40. The van der Waals surface area contributed by atoms with Gasteiger partial charge in [-0.2, -0.15) is 0 Å². The molecule has 3 saturated heterocycles. The van der Waals surface area contributed by atoms with E-state index in [0.29, 0.717) is 12.8 Å². The highest BCUT2D eigenvalue weighted by Crippen LogP contribution is 2.59. The fourth-order valence-electron chi connectivity index (χ4n) is 6.82. The van der Waals surface area contributed by atoms with Crippen LogP contribution < -0.4 is 0 Å². The zero-order valence-electron chi connectivity index (χ0n) is 17.0. The zero-order chi connectivity index (χ0) is 19.8. The van der Waals surface area contributed by atoms with E-state index in [1.165, 1.54) is 5.57 Å². The molecule has 0 amide bonds. The number of carbonyl (C=O) groups excluding carboxylic acids is 2. The van der Waals surface area contributed by atoms with Gasteiger partial charge in [0, 0.05) is 30.5 Å². The Labute approximate surface area is 166 Å². The maximum absolute atomic E-state index is 12.5. The van der Waals surface area contributed by atoms with Crippen molar-refractivity contribution in [1.29, 1.82) is 0 Å². The number of aliphatic hydroxyl groups is 1. The van der Waals surface area contributed by atoms with E-state index in [1.54, 1.807) is 0 Å². The van der Waals surface area contributed by atoms with Crippen molar-refractivity contribution in [3.8, 4) is 0 Å². The molecule has 4 heterocycles. The SMILES string of the molecule is CC[C@@H]1C2=C3N(CCCC2)[C@H]([C@@H]2C[C@H](C)C(=O)O2)C[C@]3(O)[C@H]2[C@@H]1OC(=O)[C@@H]2C. The number of rotatable bonds is 2. The fraction of sp³-hybridized carbons (Fsp3) is 0.818. The quantitative estimate of drug-likeness (QED) is 0.731. The third kappa shape index (κ3) is 2.30. The minimum atomic E-state index is -1.06. The molecule has 1 aliphatic carbocycles. The Morgan fingerprint density at radius 1 is 1.18 bits per heavy atom. The number of hydrogen-bond donors (Lipinski definition) is 1. The van der Waals surface area contributed by atoms with Crippen molar-refractivity contribution >= 4 is 11.9 Å². The highest BCUT2D eigenvalue weighted by Gasteiger charge is 2.66. The second kappa shape index (κ2) is 6.22. The van der Waals surface area contributed by atoms with Crippen molar-refractivity contribution in [2.24, 2.45) is 23.7 Å². The van der Waals surface area contributed by atoms with Crippen LogP contribution in [0.5, 0.6) is 0 Å². The summed E-state index contributed by atoms with van der Waals surface area (Å²) in [7, 11) is 0. The van der Waals surface area contributed by atoms with Gasteiger partial charge in [-0.15, -0.1) is 0 Å². The highest BCUT2D eigenvalue weighted by molar-refractivity contribution is 5.76. The molecule has 0 radical (unpaired) electrons. The Balaban J connectivity index is 1.62. The lowest BCUT2D eigenvalue weighted by atomic mass is 9.63. The average molecular weight is 389 g/mol. The van der Waals surface area contributed by atoms with Crippen LogP contribution in [0, 0.1) is 23.7 Å². The molecule has 6 heteroatoms. The van der Waals surface area contributed by atoms with Crippen molar-refractivity contribution in [1.82, 2.24) is 4.90 Å². The van der Waals surface area contributed by atoms with Gasteiger partial charge < -0.3 is 19.5 Å². The second-order valence-corrected chi connectivity index (χ2v) is 9.56. The van der Waals surface area contributed by atoms with Gasteiger partial charge in [0.25, 0.3) is 0 Å². The number of cyclic esters (lactones) is 1. The van der Waals surface area contributed by atoms with Gasteiger partial charge in [-0.1, -0.05) is 20.8 Å². The smallest absolute Gasteiger partial charge is 0.309 e. The first-order valence-corrected chi connectivity index (χ1v) is 11.0. The predicted molar refractivity (Wildman–Crippen MR) is 101 cm³/mol. The van der Waals surface area contributed by atoms with Crippen molar-refractivity contribution in [2.45, 2.75) is 83.1 Å². The highest BCUT2D eigenvalue weighted by atomic mass is 16.6. The lowest BCUT2D eigenvalue weighted by Gasteiger charge is -2.45. The molecule has 8 atom stereocenters. The number of nitrogens with zero attached hydrogens (tertiary/aromatic N) is 1. The summed E-state index contributed by atoms with van der Waals surface area (Å²) < 4.78 is 11.6. The van der Waals surface area contributed by atoms with Gasteiger partial charge in [-0.05, 0) is 37.7 Å². The van der Waals surface area contributed by atoms with Crippen LogP contribution in [0.15, 0.2) is 11.3 Å². The molecule has 5 aliphatic rings. The summed E-state index contributed by atoms with van der Waals surface area (Å²) in [6, 6.07) is -0.0128. The molecule has 5 rings (SSSR count). The molecule has 0 unspecified atom stereocenters. The molecule has 1 N–H and O–H groups in total. The fourth-order valence-corrected chi connectivity index (χ4v) is 6.82. The summed E-state index contributed by atoms with van der Waals surface area (Å²) in [5, 5.41) is 12.1. The molecular weight excluding hydrogens is 358 g/mol. The number of carbonyl (C=O) groups is 2. The van der Waals surface area contributed by atoms with E-state index >= 15 is 0 Å². The summed E-state index contributed by atoms with van der Waals surface area (Å²) in [4.78, 5) is 26.9. The molecule has 154 valence electrons. The maximum atomic E-state index is 12.5. The van der Waals surface area contributed by atoms with Crippen LogP contribution in [0.25, 0.3) is 0 Å². The van der Waals surface area contributed by atoms with Crippen molar-refractivity contribution in [2.75, 3.05) is 6.54 Å². The Kier molecular flexibility index (Phi) is 4.10. The third-order valence-electron chi connectivity index (χ3n) is 8.05. The van der Waals surface area contributed by atoms with Gasteiger partial charge in [0.15, 0.2) is 0 Å². The molecule has 3 fully saturated rings. The topological polar surface area (TPSA) is 76.1 Å². The standard InChI is InChI=1S/C22H31NO5/c1-4-13-14-7-5-6-8-23-15(16-9-11(2)20(24)27-16)10-22(26,19(14)23)17-12(3)21(25)28-18(13)17/h11-13,15-18,26H,4-10H2,1-3H3/t11-,12+,13+,15-,16-,17+,18+,22-/m0/s1. The molecule has 28 heavy (non-hydrogen) atoms. The summed E-state index contributed by atoms with van der Waals surface area (Å²) >= 11 is 0. The molecule has 0 aromatic rings. The molecule has 6 nitrogen and oxygen atoms in total. The van der Waals surface area contributed by atoms with Crippen molar-refractivity contribution < 1.29 is 24.2 Å². The molecule has 0 bridgehead atoms. The normalized spacial score (nSPS) is 47.6. The van der Waals surface area contributed by atoms with Crippen LogP contribution in [-0.2, 0) is 19.1 Å². The lowest BCUT2D eigenvalue weighted by molar-refractivity contribution is -0.146. The van der Waals surface area contributed by atoms with Crippen LogP contribution in [0.2, 0.25) is 0 Å². The van der Waals surface area contributed by atoms with Crippen LogP contribution in [0.3, 0.4) is 0 Å². The molecular formula is C22H31NO5. The van der Waals surface area contributed by atoms with Gasteiger partial charge >= 0.3 is 11.9 Å². The minimum absolute atomic E-state index is 0.0128. The van der Waals surface area contributed by atoms with Gasteiger partial charge in [-0.25, -0.2) is 0 Å². The van der Waals surface area contributed by atoms with Crippen molar-refractivity contribution in [3.63, 3.8) is 0 Å². The first-order chi connectivity index (χ1) is 13.4. The van der Waals surface area contributed by atoms with E-state index in [1.807, 2.05) is 13.8 Å². The number of esters is 2. The van der Waals surface area contributed by atoms with Crippen LogP contribution in [0.1, 0.15) is 59.3 Å². The van der Waals surface area contributed by atoms with Crippen molar-refractivity contribution in [3.05, 3.63) is 11.3 Å². The van der Waals surface area contributed by atoms with E-state index < -0.39 is 5.60 Å². The van der Waals surface area contributed by atoms with Crippen LogP contribution in [-0.4, -0.2) is 52.3 Å². The van der Waals surface area contributed by atoms with E-state index in [0.717, 1.165) is 37.9 Å². The van der Waals surface area contributed by atoms with Gasteiger partial charge in [0.1, 0.15) is 17.8 Å². The minimum Gasteiger partial charge on any atom is -0.461 e. The summed E-state index contributed by atoms with van der Waals surface area (Å²) in [5.41, 5.74) is 1.26. The zero-order valence-corrected chi connectivity index (χ0v) is 17.0. The first-order valence-electron chi connectivity index (χ1n) is 11.0. The second-order valence-electron chi connectivity index (χ2n) is 9.56. The van der Waals surface area contributed by atoms with Crippen LogP contribution >= 0.6 is 0 Å². The van der Waals surface area contributed by atoms with E-state index in [-0.39, 0.29) is 53.9 Å². The summed E-state index contributed by atoms with van der Waals surface area (Å²) in [5.74, 6) is -0.757.